The van der Waals surface area contributed by atoms with Crippen molar-refractivity contribution in [3.8, 4) is 0 Å². The summed E-state index contributed by atoms with van der Waals surface area (Å²) in [6.45, 7) is 1.66. The van der Waals surface area contributed by atoms with Gasteiger partial charge in [-0.05, 0) is 42.1 Å². The van der Waals surface area contributed by atoms with Crippen LogP contribution in [0.3, 0.4) is 0 Å². The highest BCUT2D eigenvalue weighted by Crippen LogP contribution is 2.38. The number of rotatable bonds is 0. The van der Waals surface area contributed by atoms with Crippen LogP contribution in [0.15, 0.2) is 4.47 Å². The quantitative estimate of drug-likeness (QED) is 0.745. The van der Waals surface area contributed by atoms with Crippen LogP contribution >= 0.6 is 15.9 Å². The lowest BCUT2D eigenvalue weighted by Gasteiger charge is -2.13. The van der Waals surface area contributed by atoms with Gasteiger partial charge in [-0.15, -0.1) is 0 Å². The van der Waals surface area contributed by atoms with Gasteiger partial charge in [0.15, 0.2) is 11.3 Å². The number of alkyl halides is 3. The van der Waals surface area contributed by atoms with Crippen LogP contribution in [0.1, 0.15) is 29.1 Å². The lowest BCUT2D eigenvalue weighted by atomic mass is 10.1. The number of hydrogen-bond acceptors (Lipinski definition) is 2. The highest BCUT2D eigenvalue weighted by Gasteiger charge is 2.40. The van der Waals surface area contributed by atoms with Crippen LogP contribution in [0.2, 0.25) is 0 Å². The normalized spacial score (nSPS) is 15.4. The smallest absolute Gasteiger partial charge is 0.232 e. The minimum atomic E-state index is -4.41. The van der Waals surface area contributed by atoms with Crippen molar-refractivity contribution in [2.45, 2.75) is 32.4 Å². The molecule has 0 atom stereocenters. The molecule has 0 saturated carbocycles. The Balaban J connectivity index is 2.46. The van der Waals surface area contributed by atoms with Crippen LogP contribution in [0.5, 0.6) is 0 Å². The maximum absolute atomic E-state index is 13.2. The van der Waals surface area contributed by atoms with E-state index in [1.165, 1.54) is 0 Å². The monoisotopic (exact) mass is 319 g/mol. The average molecular weight is 320 g/mol. The van der Waals surface area contributed by atoms with Crippen molar-refractivity contribution >= 4 is 21.6 Å². The lowest BCUT2D eigenvalue weighted by molar-refractivity contribution is -0.143. The number of nitrogens with zero attached hydrogens (tertiary/aromatic N) is 3. The molecular formula is C11H9BrF3N3. The van der Waals surface area contributed by atoms with Gasteiger partial charge in [0.1, 0.15) is 0 Å². The predicted molar refractivity (Wildman–Crippen MR) is 62.5 cm³/mol. The second-order valence-electron chi connectivity index (χ2n) is 4.37. The van der Waals surface area contributed by atoms with Crippen molar-refractivity contribution in [2.75, 3.05) is 0 Å². The van der Waals surface area contributed by atoms with Crippen LogP contribution in [0, 0.1) is 6.92 Å². The first-order chi connectivity index (χ1) is 8.39. The van der Waals surface area contributed by atoms with Crippen molar-refractivity contribution in [3.05, 3.63) is 27.1 Å². The molecule has 2 aromatic rings. The van der Waals surface area contributed by atoms with Crippen LogP contribution in [-0.4, -0.2) is 14.6 Å². The largest absolute Gasteiger partial charge is 0.433 e. The molecule has 3 rings (SSSR count). The summed E-state index contributed by atoms with van der Waals surface area (Å²) in [4.78, 5) is 4.30. The van der Waals surface area contributed by atoms with E-state index in [1.54, 1.807) is 6.92 Å². The van der Waals surface area contributed by atoms with Gasteiger partial charge in [-0.1, -0.05) is 0 Å². The maximum atomic E-state index is 13.2. The molecule has 7 heteroatoms. The molecule has 2 aromatic heterocycles. The van der Waals surface area contributed by atoms with Crippen LogP contribution in [-0.2, 0) is 19.0 Å². The van der Waals surface area contributed by atoms with Gasteiger partial charge in [-0.2, -0.15) is 18.3 Å². The number of aryl methyl sites for hydroxylation is 2. The van der Waals surface area contributed by atoms with Gasteiger partial charge in [0, 0.05) is 11.3 Å². The summed E-state index contributed by atoms with van der Waals surface area (Å²) in [5.74, 6) is 0. The Bertz CT molecular complexity index is 645. The molecule has 2 heterocycles. The van der Waals surface area contributed by atoms with Gasteiger partial charge in [0.05, 0.1) is 10.2 Å². The maximum Gasteiger partial charge on any atom is 0.433 e. The zero-order valence-electron chi connectivity index (χ0n) is 9.47. The van der Waals surface area contributed by atoms with Gasteiger partial charge < -0.3 is 0 Å². The Morgan fingerprint density at radius 2 is 2.00 bits per heavy atom. The molecule has 3 nitrogen and oxygen atoms in total. The number of aromatic nitrogens is 3. The van der Waals surface area contributed by atoms with E-state index < -0.39 is 11.9 Å². The summed E-state index contributed by atoms with van der Waals surface area (Å²) in [7, 11) is 0. The van der Waals surface area contributed by atoms with Gasteiger partial charge >= 0.3 is 6.18 Å². The van der Waals surface area contributed by atoms with E-state index in [2.05, 4.69) is 26.0 Å². The SMILES string of the molecule is Cc1nn2c(C(F)(F)F)c3c(nc2c1Br)CCC3. The molecule has 18 heavy (non-hydrogen) atoms. The second kappa shape index (κ2) is 3.69. The van der Waals surface area contributed by atoms with Crippen molar-refractivity contribution in [3.63, 3.8) is 0 Å². The molecule has 0 fully saturated rings. The number of hydrogen-bond donors (Lipinski definition) is 0. The van der Waals surface area contributed by atoms with Gasteiger partial charge in [-0.3, -0.25) is 0 Å². The zero-order chi connectivity index (χ0) is 13.1. The molecular weight excluding hydrogens is 311 g/mol. The second-order valence-corrected chi connectivity index (χ2v) is 5.16. The minimum Gasteiger partial charge on any atom is -0.232 e. The Hall–Kier alpha value is -1.11. The van der Waals surface area contributed by atoms with E-state index in [4.69, 9.17) is 0 Å². The first-order valence-electron chi connectivity index (χ1n) is 5.53. The molecule has 0 unspecified atom stereocenters. The lowest BCUT2D eigenvalue weighted by Crippen LogP contribution is -2.17. The summed E-state index contributed by atoms with van der Waals surface area (Å²) in [5.41, 5.74) is 0.936. The van der Waals surface area contributed by atoms with Crippen molar-refractivity contribution < 1.29 is 13.2 Å². The predicted octanol–water partition coefficient (Wildman–Crippen LogP) is 3.31. The molecule has 0 N–H and O–H groups in total. The first kappa shape index (κ1) is 12.0. The molecule has 0 aliphatic heterocycles. The minimum absolute atomic E-state index is 0.250. The molecule has 96 valence electrons. The van der Waals surface area contributed by atoms with Gasteiger partial charge in [0.2, 0.25) is 0 Å². The van der Waals surface area contributed by atoms with Crippen molar-refractivity contribution in [1.29, 1.82) is 0 Å². The molecule has 0 spiro atoms. The van der Waals surface area contributed by atoms with Gasteiger partial charge in [0.25, 0.3) is 0 Å². The fraction of sp³-hybridized carbons (Fsp3) is 0.455. The van der Waals surface area contributed by atoms with E-state index in [1.807, 2.05) is 0 Å². The molecule has 1 aliphatic rings. The zero-order valence-corrected chi connectivity index (χ0v) is 11.1. The van der Waals surface area contributed by atoms with E-state index in [0.29, 0.717) is 34.3 Å². The fourth-order valence-electron chi connectivity index (χ4n) is 2.40. The number of fused-ring (bicyclic) bond motifs is 2. The Morgan fingerprint density at radius 3 is 2.67 bits per heavy atom. The Morgan fingerprint density at radius 1 is 1.28 bits per heavy atom. The highest BCUT2D eigenvalue weighted by molar-refractivity contribution is 9.10. The molecule has 0 radical (unpaired) electrons. The molecule has 0 amide bonds. The van der Waals surface area contributed by atoms with E-state index in [-0.39, 0.29) is 5.65 Å². The topological polar surface area (TPSA) is 30.2 Å². The third kappa shape index (κ3) is 1.56. The van der Waals surface area contributed by atoms with E-state index in [0.717, 1.165) is 10.9 Å². The van der Waals surface area contributed by atoms with Gasteiger partial charge in [-0.25, -0.2) is 9.50 Å². The molecule has 0 aromatic carbocycles. The highest BCUT2D eigenvalue weighted by atomic mass is 79.9. The fourth-order valence-corrected chi connectivity index (χ4v) is 2.74. The summed E-state index contributed by atoms with van der Waals surface area (Å²) in [6, 6.07) is 0. The molecule has 1 aliphatic carbocycles. The number of halogens is 4. The third-order valence-electron chi connectivity index (χ3n) is 3.16. The standard InChI is InChI=1S/C11H9BrF3N3/c1-5-8(12)10-16-7-4-2-3-6(7)9(11(13,14)15)18(10)17-5/h2-4H2,1H3. The summed E-state index contributed by atoms with van der Waals surface area (Å²) < 4.78 is 41.1. The van der Waals surface area contributed by atoms with Crippen LogP contribution in [0.4, 0.5) is 13.2 Å². The summed E-state index contributed by atoms with van der Waals surface area (Å²) in [5, 5.41) is 3.94. The average Bonchev–Trinajstić information content (AvgIpc) is 2.81. The molecule has 0 bridgehead atoms. The first-order valence-corrected chi connectivity index (χ1v) is 6.32. The van der Waals surface area contributed by atoms with E-state index in [9.17, 15) is 13.2 Å². The van der Waals surface area contributed by atoms with Crippen LogP contribution in [0.25, 0.3) is 5.65 Å². The van der Waals surface area contributed by atoms with Crippen molar-refractivity contribution in [1.82, 2.24) is 14.6 Å². The molecule has 0 saturated heterocycles. The Labute approximate surface area is 109 Å². The van der Waals surface area contributed by atoms with E-state index >= 15 is 0 Å². The Kier molecular flexibility index (Phi) is 2.45. The third-order valence-corrected chi connectivity index (χ3v) is 4.09. The van der Waals surface area contributed by atoms with Crippen LogP contribution < -0.4 is 0 Å². The summed E-state index contributed by atoms with van der Waals surface area (Å²) >= 11 is 3.25. The van der Waals surface area contributed by atoms with Crippen molar-refractivity contribution in [2.24, 2.45) is 0 Å². The summed E-state index contributed by atoms with van der Waals surface area (Å²) in [6.07, 6.45) is -2.67.